The van der Waals surface area contributed by atoms with Crippen molar-refractivity contribution in [2.24, 2.45) is 17.4 Å². The van der Waals surface area contributed by atoms with Gasteiger partial charge in [-0.25, -0.2) is 0 Å². The van der Waals surface area contributed by atoms with Crippen molar-refractivity contribution in [3.63, 3.8) is 0 Å². The van der Waals surface area contributed by atoms with Gasteiger partial charge >= 0.3 is 0 Å². The first kappa shape index (κ1) is 8.02. The zero-order valence-electron chi connectivity index (χ0n) is 6.72. The van der Waals surface area contributed by atoms with Gasteiger partial charge in [-0.2, -0.15) is 0 Å². The molecule has 4 N–H and O–H groups in total. The summed E-state index contributed by atoms with van der Waals surface area (Å²) < 4.78 is 0. The van der Waals surface area contributed by atoms with Crippen LogP contribution in [0.25, 0.3) is 0 Å². The molecule has 0 aliphatic heterocycles. The van der Waals surface area contributed by atoms with Crippen LogP contribution in [0.5, 0.6) is 0 Å². The maximum Gasteiger partial charge on any atom is 0.00682 e. The lowest BCUT2D eigenvalue weighted by Crippen LogP contribution is -2.40. The molecule has 0 aromatic rings. The third-order valence-corrected chi connectivity index (χ3v) is 2.61. The van der Waals surface area contributed by atoms with Gasteiger partial charge in [0.2, 0.25) is 0 Å². The molecular weight excluding hydrogens is 124 g/mol. The summed E-state index contributed by atoms with van der Waals surface area (Å²) in [4.78, 5) is 0. The first-order valence-electron chi connectivity index (χ1n) is 4.25. The molecule has 3 unspecified atom stereocenters. The molecule has 0 aromatic carbocycles. The largest absolute Gasteiger partial charge is 0.328 e. The molecule has 0 spiro atoms. The summed E-state index contributed by atoms with van der Waals surface area (Å²) in [6.07, 6.45) is 4.57. The van der Waals surface area contributed by atoms with E-state index in [1.165, 1.54) is 6.42 Å². The molecular formula is C8H18N2. The Morgan fingerprint density at radius 3 is 2.50 bits per heavy atom. The maximum absolute atomic E-state index is 5.90. The lowest BCUT2D eigenvalue weighted by molar-refractivity contribution is 0.273. The Morgan fingerprint density at radius 2 is 2.00 bits per heavy atom. The zero-order valence-corrected chi connectivity index (χ0v) is 6.72. The Kier molecular flexibility index (Phi) is 2.69. The van der Waals surface area contributed by atoms with Crippen LogP contribution in [0.1, 0.15) is 32.6 Å². The number of rotatable bonds is 1. The molecule has 0 heterocycles. The van der Waals surface area contributed by atoms with Gasteiger partial charge in [0.1, 0.15) is 0 Å². The molecule has 1 aliphatic rings. The van der Waals surface area contributed by atoms with Crippen LogP contribution in [-0.2, 0) is 0 Å². The fraction of sp³-hybridized carbons (Fsp3) is 1.00. The van der Waals surface area contributed by atoms with Crippen LogP contribution >= 0.6 is 0 Å². The second-order valence-corrected chi connectivity index (χ2v) is 3.41. The van der Waals surface area contributed by atoms with E-state index >= 15 is 0 Å². The molecule has 3 atom stereocenters. The molecule has 2 nitrogen and oxygen atoms in total. The zero-order chi connectivity index (χ0) is 7.56. The molecule has 60 valence electrons. The highest BCUT2D eigenvalue weighted by Crippen LogP contribution is 2.24. The topological polar surface area (TPSA) is 52.0 Å². The van der Waals surface area contributed by atoms with Gasteiger partial charge in [-0.3, -0.25) is 0 Å². The smallest absolute Gasteiger partial charge is 0.00682 e. The third kappa shape index (κ3) is 1.70. The van der Waals surface area contributed by atoms with E-state index in [0.29, 0.717) is 18.0 Å². The molecule has 1 rings (SSSR count). The first-order chi connectivity index (χ1) is 4.74. The van der Waals surface area contributed by atoms with Crippen LogP contribution in [0.2, 0.25) is 0 Å². The van der Waals surface area contributed by atoms with Gasteiger partial charge in [0, 0.05) is 12.1 Å². The van der Waals surface area contributed by atoms with E-state index in [9.17, 15) is 0 Å². The molecule has 10 heavy (non-hydrogen) atoms. The predicted octanol–water partition coefficient (Wildman–Crippen LogP) is 0.851. The van der Waals surface area contributed by atoms with Crippen molar-refractivity contribution < 1.29 is 0 Å². The summed E-state index contributed by atoms with van der Waals surface area (Å²) >= 11 is 0. The quantitative estimate of drug-likeness (QED) is 0.570. The molecule has 1 fully saturated rings. The van der Waals surface area contributed by atoms with Crippen molar-refractivity contribution in [3.05, 3.63) is 0 Å². The second kappa shape index (κ2) is 3.35. The average Bonchev–Trinajstić information content (AvgIpc) is 1.94. The minimum Gasteiger partial charge on any atom is -0.328 e. The van der Waals surface area contributed by atoms with E-state index in [2.05, 4.69) is 6.92 Å². The molecule has 0 aromatic heterocycles. The van der Waals surface area contributed by atoms with Gasteiger partial charge in [0.15, 0.2) is 0 Å². The molecule has 0 radical (unpaired) electrons. The Labute approximate surface area is 63.0 Å². The Balaban J connectivity index is 2.38. The summed E-state index contributed by atoms with van der Waals surface area (Å²) in [5, 5.41) is 0. The molecule has 0 amide bonds. The molecule has 2 heteroatoms. The van der Waals surface area contributed by atoms with E-state index in [-0.39, 0.29) is 0 Å². The van der Waals surface area contributed by atoms with Crippen molar-refractivity contribution in [3.8, 4) is 0 Å². The molecule has 1 saturated carbocycles. The standard InChI is InChI=1S/C8H18N2/c1-2-6-5-7(9)3-4-8(6)10/h6-8H,2-5,9-10H2,1H3. The van der Waals surface area contributed by atoms with Crippen LogP contribution in [0.4, 0.5) is 0 Å². The van der Waals surface area contributed by atoms with Crippen LogP contribution in [0, 0.1) is 5.92 Å². The van der Waals surface area contributed by atoms with Gasteiger partial charge in [-0.1, -0.05) is 13.3 Å². The van der Waals surface area contributed by atoms with Crippen LogP contribution in [-0.4, -0.2) is 12.1 Å². The summed E-state index contributed by atoms with van der Waals surface area (Å²) in [5.41, 5.74) is 11.7. The highest BCUT2D eigenvalue weighted by Gasteiger charge is 2.24. The van der Waals surface area contributed by atoms with Gasteiger partial charge < -0.3 is 11.5 Å². The average molecular weight is 142 g/mol. The second-order valence-electron chi connectivity index (χ2n) is 3.41. The Bertz CT molecular complexity index is 103. The summed E-state index contributed by atoms with van der Waals surface area (Å²) in [7, 11) is 0. The van der Waals surface area contributed by atoms with E-state index in [4.69, 9.17) is 11.5 Å². The molecule has 0 bridgehead atoms. The minimum atomic E-state index is 0.421. The fourth-order valence-corrected chi connectivity index (χ4v) is 1.79. The first-order valence-corrected chi connectivity index (χ1v) is 4.25. The van der Waals surface area contributed by atoms with Gasteiger partial charge in [0.05, 0.1) is 0 Å². The van der Waals surface area contributed by atoms with Crippen LogP contribution < -0.4 is 11.5 Å². The SMILES string of the molecule is CCC1CC(N)CCC1N. The summed E-state index contributed by atoms with van der Waals surface area (Å²) in [5.74, 6) is 0.684. The van der Waals surface area contributed by atoms with E-state index < -0.39 is 0 Å². The number of hydrogen-bond donors (Lipinski definition) is 2. The third-order valence-electron chi connectivity index (χ3n) is 2.61. The minimum absolute atomic E-state index is 0.421. The number of nitrogens with two attached hydrogens (primary N) is 2. The van der Waals surface area contributed by atoms with Crippen LogP contribution in [0.15, 0.2) is 0 Å². The van der Waals surface area contributed by atoms with Crippen molar-refractivity contribution in [1.29, 1.82) is 0 Å². The highest BCUT2D eigenvalue weighted by atomic mass is 14.7. The lowest BCUT2D eigenvalue weighted by Gasteiger charge is -2.31. The van der Waals surface area contributed by atoms with Crippen molar-refractivity contribution >= 4 is 0 Å². The maximum atomic E-state index is 5.90. The van der Waals surface area contributed by atoms with Crippen LogP contribution in [0.3, 0.4) is 0 Å². The number of hydrogen-bond acceptors (Lipinski definition) is 2. The van der Waals surface area contributed by atoms with Gasteiger partial charge in [-0.05, 0) is 25.2 Å². The van der Waals surface area contributed by atoms with E-state index in [1.807, 2.05) is 0 Å². The normalized spacial score (nSPS) is 41.7. The van der Waals surface area contributed by atoms with Gasteiger partial charge in [0.25, 0.3) is 0 Å². The molecule has 0 saturated heterocycles. The van der Waals surface area contributed by atoms with Crippen molar-refractivity contribution in [2.75, 3.05) is 0 Å². The van der Waals surface area contributed by atoms with E-state index in [0.717, 1.165) is 19.3 Å². The van der Waals surface area contributed by atoms with Crippen molar-refractivity contribution in [1.82, 2.24) is 0 Å². The Hall–Kier alpha value is -0.0800. The van der Waals surface area contributed by atoms with Crippen molar-refractivity contribution in [2.45, 2.75) is 44.7 Å². The predicted molar refractivity (Wildman–Crippen MR) is 43.6 cm³/mol. The molecule has 1 aliphatic carbocycles. The lowest BCUT2D eigenvalue weighted by atomic mass is 9.81. The summed E-state index contributed by atoms with van der Waals surface area (Å²) in [6.45, 7) is 2.20. The highest BCUT2D eigenvalue weighted by molar-refractivity contribution is 4.83. The monoisotopic (exact) mass is 142 g/mol. The van der Waals surface area contributed by atoms with E-state index in [1.54, 1.807) is 0 Å². The van der Waals surface area contributed by atoms with Gasteiger partial charge in [-0.15, -0.1) is 0 Å². The fourth-order valence-electron chi connectivity index (χ4n) is 1.79. The summed E-state index contributed by atoms with van der Waals surface area (Å²) in [6, 6.07) is 0.842. The Morgan fingerprint density at radius 1 is 1.30 bits per heavy atom.